The van der Waals surface area contributed by atoms with Crippen molar-refractivity contribution in [1.82, 2.24) is 4.90 Å². The van der Waals surface area contributed by atoms with E-state index in [-0.39, 0.29) is 22.9 Å². The molecule has 0 unspecified atom stereocenters. The quantitative estimate of drug-likeness (QED) is 0.444. The maximum atomic E-state index is 12.9. The number of para-hydroxylation sites is 1. The summed E-state index contributed by atoms with van der Waals surface area (Å²) < 4.78 is 5.42. The molecule has 0 aromatic heterocycles. The maximum Gasteiger partial charge on any atom is 0.267 e. The predicted molar refractivity (Wildman–Crippen MR) is 103 cm³/mol. The number of nitrogens with zero attached hydrogens (tertiary/aromatic N) is 2. The fraction of sp³-hybridized carbons (Fsp3) is 0.294. The molecule has 26 heavy (non-hydrogen) atoms. The first-order valence-electron chi connectivity index (χ1n) is 7.92. The molecule has 2 N–H and O–H groups in total. The number of amides is 3. The number of fused-ring (bicyclic) bond motifs is 1. The first-order valence-corrected chi connectivity index (χ1v) is 9.14. The minimum atomic E-state index is -0.624. The van der Waals surface area contributed by atoms with Gasteiger partial charge in [-0.1, -0.05) is 42.2 Å². The lowest BCUT2D eigenvalue weighted by atomic mass is 10.1. The van der Waals surface area contributed by atoms with Crippen LogP contribution in [-0.2, 0) is 19.1 Å². The minimum Gasteiger partial charge on any atom is -0.385 e. The fourth-order valence-electron chi connectivity index (χ4n) is 2.92. The van der Waals surface area contributed by atoms with Gasteiger partial charge in [-0.25, -0.2) is 0 Å². The molecule has 136 valence electrons. The smallest absolute Gasteiger partial charge is 0.267 e. The second-order valence-corrected chi connectivity index (χ2v) is 7.39. The van der Waals surface area contributed by atoms with E-state index in [9.17, 15) is 14.4 Å². The molecule has 0 atom stereocenters. The number of carbonyl (C=O) groups is 3. The second kappa shape index (κ2) is 7.56. The van der Waals surface area contributed by atoms with Gasteiger partial charge in [0.15, 0.2) is 0 Å². The van der Waals surface area contributed by atoms with Gasteiger partial charge in [0.05, 0.1) is 16.2 Å². The van der Waals surface area contributed by atoms with E-state index in [0.717, 1.165) is 11.8 Å². The average Bonchev–Trinajstić information content (AvgIpc) is 3.03. The van der Waals surface area contributed by atoms with Crippen LogP contribution in [0.5, 0.6) is 0 Å². The largest absolute Gasteiger partial charge is 0.385 e. The third kappa shape index (κ3) is 3.25. The molecule has 0 aliphatic carbocycles. The Morgan fingerprint density at radius 3 is 2.65 bits per heavy atom. The van der Waals surface area contributed by atoms with Crippen molar-refractivity contribution in [3.8, 4) is 0 Å². The van der Waals surface area contributed by atoms with E-state index in [1.807, 2.05) is 0 Å². The van der Waals surface area contributed by atoms with Crippen molar-refractivity contribution in [3.05, 3.63) is 34.7 Å². The highest BCUT2D eigenvalue weighted by Gasteiger charge is 2.42. The molecule has 2 heterocycles. The Labute approximate surface area is 160 Å². The van der Waals surface area contributed by atoms with Gasteiger partial charge in [-0.15, -0.1) is 0 Å². The number of nitrogens with two attached hydrogens (primary N) is 1. The second-order valence-electron chi connectivity index (χ2n) is 5.75. The summed E-state index contributed by atoms with van der Waals surface area (Å²) in [7, 11) is 1.59. The number of carbonyl (C=O) groups excluding carboxylic acids is 3. The molecule has 1 aromatic carbocycles. The summed E-state index contributed by atoms with van der Waals surface area (Å²) in [4.78, 5) is 40.2. The van der Waals surface area contributed by atoms with Gasteiger partial charge >= 0.3 is 0 Å². The van der Waals surface area contributed by atoms with E-state index >= 15 is 0 Å². The number of primary amides is 1. The molecule has 0 saturated carbocycles. The van der Waals surface area contributed by atoms with E-state index in [0.29, 0.717) is 35.1 Å². The first-order chi connectivity index (χ1) is 12.5. The van der Waals surface area contributed by atoms with Crippen LogP contribution in [0.15, 0.2) is 29.2 Å². The topological polar surface area (TPSA) is 92.9 Å². The van der Waals surface area contributed by atoms with Crippen LogP contribution in [0.25, 0.3) is 5.57 Å². The number of thiocarbonyl (C=S) groups is 1. The van der Waals surface area contributed by atoms with Gasteiger partial charge in [0.1, 0.15) is 10.9 Å². The van der Waals surface area contributed by atoms with Crippen LogP contribution in [0.2, 0.25) is 0 Å². The molecule has 0 spiro atoms. The highest BCUT2D eigenvalue weighted by atomic mass is 32.2. The van der Waals surface area contributed by atoms with Crippen molar-refractivity contribution >= 4 is 57.3 Å². The van der Waals surface area contributed by atoms with E-state index in [2.05, 4.69) is 0 Å². The number of hydrogen-bond donors (Lipinski definition) is 1. The summed E-state index contributed by atoms with van der Waals surface area (Å²) in [5.74, 6) is -1.33. The Balaban J connectivity index is 2.00. The molecule has 7 nitrogen and oxygen atoms in total. The SMILES string of the molecule is COCCCN1C(=O)C(=C2C(=O)N(CC(N)=O)c3ccccc32)SC1=S. The highest BCUT2D eigenvalue weighted by molar-refractivity contribution is 8.26. The lowest BCUT2D eigenvalue weighted by molar-refractivity contribution is -0.122. The van der Waals surface area contributed by atoms with Crippen molar-refractivity contribution in [2.24, 2.45) is 5.73 Å². The molecule has 0 bridgehead atoms. The van der Waals surface area contributed by atoms with Gasteiger partial charge in [-0.3, -0.25) is 24.2 Å². The molecule has 1 aromatic rings. The third-order valence-electron chi connectivity index (χ3n) is 4.04. The monoisotopic (exact) mass is 391 g/mol. The zero-order valence-corrected chi connectivity index (χ0v) is 15.7. The fourth-order valence-corrected chi connectivity index (χ4v) is 4.30. The Bertz CT molecular complexity index is 837. The standard InChI is InChI=1S/C17H17N3O4S2/c1-24-8-4-7-19-16(23)14(26-17(19)25)13-10-5-2-3-6-11(10)20(15(13)22)9-12(18)21/h2-3,5-6H,4,7-9H2,1H3,(H2,18,21). The van der Waals surface area contributed by atoms with Gasteiger partial charge in [0, 0.05) is 25.8 Å². The van der Waals surface area contributed by atoms with E-state index < -0.39 is 11.8 Å². The maximum absolute atomic E-state index is 12.9. The molecular weight excluding hydrogens is 374 g/mol. The van der Waals surface area contributed by atoms with Crippen molar-refractivity contribution in [2.75, 3.05) is 31.7 Å². The number of benzene rings is 1. The number of rotatable bonds is 6. The number of thioether (sulfide) groups is 1. The zero-order valence-electron chi connectivity index (χ0n) is 14.1. The van der Waals surface area contributed by atoms with Gasteiger partial charge < -0.3 is 10.5 Å². The summed E-state index contributed by atoms with van der Waals surface area (Å²) in [6.07, 6.45) is 0.643. The number of hydrogen-bond acceptors (Lipinski definition) is 6. The molecule has 2 aliphatic rings. The van der Waals surface area contributed by atoms with Gasteiger partial charge in [-0.05, 0) is 12.5 Å². The van der Waals surface area contributed by atoms with Crippen LogP contribution in [0.4, 0.5) is 5.69 Å². The summed E-state index contributed by atoms with van der Waals surface area (Å²) in [6, 6.07) is 7.02. The van der Waals surface area contributed by atoms with Crippen LogP contribution in [0.3, 0.4) is 0 Å². The normalized spacial score (nSPS) is 19.5. The van der Waals surface area contributed by atoms with Crippen LogP contribution >= 0.6 is 24.0 Å². The number of anilines is 1. The van der Waals surface area contributed by atoms with Crippen LogP contribution < -0.4 is 10.6 Å². The molecule has 9 heteroatoms. The van der Waals surface area contributed by atoms with Crippen molar-refractivity contribution < 1.29 is 19.1 Å². The van der Waals surface area contributed by atoms with Crippen LogP contribution in [-0.4, -0.2) is 53.7 Å². The molecule has 1 saturated heterocycles. The lowest BCUT2D eigenvalue weighted by Crippen LogP contribution is -2.36. The predicted octanol–water partition coefficient (Wildman–Crippen LogP) is 1.13. The summed E-state index contributed by atoms with van der Waals surface area (Å²) in [5.41, 5.74) is 6.71. The molecule has 1 fully saturated rings. The summed E-state index contributed by atoms with van der Waals surface area (Å²) >= 11 is 6.42. The Morgan fingerprint density at radius 1 is 1.23 bits per heavy atom. The summed E-state index contributed by atoms with van der Waals surface area (Å²) in [5, 5.41) is 0. The average molecular weight is 391 g/mol. The van der Waals surface area contributed by atoms with E-state index in [1.165, 1.54) is 9.80 Å². The minimum absolute atomic E-state index is 0.243. The first kappa shape index (κ1) is 18.6. The van der Waals surface area contributed by atoms with Crippen LogP contribution in [0, 0.1) is 0 Å². The molecule has 2 aliphatic heterocycles. The molecule has 3 amide bonds. The Kier molecular flexibility index (Phi) is 5.40. The number of methoxy groups -OCH3 is 1. The lowest BCUT2D eigenvalue weighted by Gasteiger charge is -2.14. The van der Waals surface area contributed by atoms with Gasteiger partial charge in [0.25, 0.3) is 11.8 Å². The molecular formula is C17H17N3O4S2. The highest BCUT2D eigenvalue weighted by Crippen LogP contribution is 2.44. The van der Waals surface area contributed by atoms with Crippen molar-refractivity contribution in [3.63, 3.8) is 0 Å². The number of ether oxygens (including phenoxy) is 1. The summed E-state index contributed by atoms with van der Waals surface area (Å²) in [6.45, 7) is 0.695. The Morgan fingerprint density at radius 2 is 1.96 bits per heavy atom. The van der Waals surface area contributed by atoms with Gasteiger partial charge in [-0.2, -0.15) is 0 Å². The third-order valence-corrected chi connectivity index (χ3v) is 5.49. The van der Waals surface area contributed by atoms with E-state index in [1.54, 1.807) is 31.4 Å². The Hall–Kier alpha value is -2.23. The van der Waals surface area contributed by atoms with Gasteiger partial charge in [0.2, 0.25) is 5.91 Å². The van der Waals surface area contributed by atoms with Crippen LogP contribution in [0.1, 0.15) is 12.0 Å². The van der Waals surface area contributed by atoms with Crippen molar-refractivity contribution in [1.29, 1.82) is 0 Å². The molecule has 0 radical (unpaired) electrons. The van der Waals surface area contributed by atoms with Crippen molar-refractivity contribution in [2.45, 2.75) is 6.42 Å². The molecule has 3 rings (SSSR count). The zero-order chi connectivity index (χ0) is 18.8. The van der Waals surface area contributed by atoms with E-state index in [4.69, 9.17) is 22.7 Å².